The highest BCUT2D eigenvalue weighted by atomic mass is 19.4. The van der Waals surface area contributed by atoms with E-state index in [4.69, 9.17) is 0 Å². The first-order valence-corrected chi connectivity index (χ1v) is 3.56. The molecule has 11 heavy (non-hydrogen) atoms. The summed E-state index contributed by atoms with van der Waals surface area (Å²) in [6.07, 6.45) is -2.96. The van der Waals surface area contributed by atoms with Gasteiger partial charge in [0.05, 0.1) is 5.92 Å². The molecule has 2 unspecified atom stereocenters. The summed E-state index contributed by atoms with van der Waals surface area (Å²) >= 11 is 0. The van der Waals surface area contributed by atoms with Crippen LogP contribution in [0.2, 0.25) is 0 Å². The molecule has 0 spiro atoms. The summed E-state index contributed by atoms with van der Waals surface area (Å²) in [6.45, 7) is 0. The van der Waals surface area contributed by atoms with Gasteiger partial charge in [-0.2, -0.15) is 13.2 Å². The van der Waals surface area contributed by atoms with Crippen LogP contribution in [0.3, 0.4) is 0 Å². The molecule has 0 aromatic heterocycles. The van der Waals surface area contributed by atoms with Crippen molar-refractivity contribution in [2.24, 2.45) is 11.8 Å². The number of rotatable bonds is 1. The molecule has 0 bridgehead atoms. The Kier molecular flexibility index (Phi) is 2.20. The molecule has 0 saturated heterocycles. The quantitative estimate of drug-likeness (QED) is 0.545. The van der Waals surface area contributed by atoms with Gasteiger partial charge in [0, 0.05) is 5.92 Å². The SMILES string of the molecule is O=CC1CCC(C(F)(F)F)C1. The third-order valence-electron chi connectivity index (χ3n) is 2.13. The lowest BCUT2D eigenvalue weighted by Crippen LogP contribution is -2.20. The Labute approximate surface area is 62.6 Å². The Hall–Kier alpha value is -0.540. The Morgan fingerprint density at radius 1 is 1.27 bits per heavy atom. The monoisotopic (exact) mass is 166 g/mol. The molecular formula is C7H9F3O. The molecule has 1 aliphatic rings. The van der Waals surface area contributed by atoms with Crippen LogP contribution in [0.4, 0.5) is 13.2 Å². The van der Waals surface area contributed by atoms with Crippen molar-refractivity contribution in [1.29, 1.82) is 0 Å². The maximum absolute atomic E-state index is 12.0. The van der Waals surface area contributed by atoms with Crippen LogP contribution in [0.25, 0.3) is 0 Å². The van der Waals surface area contributed by atoms with Crippen LogP contribution < -0.4 is 0 Å². The molecule has 1 aliphatic carbocycles. The smallest absolute Gasteiger partial charge is 0.303 e. The molecule has 1 rings (SSSR count). The average Bonchev–Trinajstić information content (AvgIpc) is 2.32. The van der Waals surface area contributed by atoms with E-state index in [2.05, 4.69) is 0 Å². The molecule has 64 valence electrons. The fourth-order valence-electron chi connectivity index (χ4n) is 1.44. The molecule has 0 amide bonds. The number of aldehydes is 1. The molecule has 0 aliphatic heterocycles. The molecule has 1 fully saturated rings. The van der Waals surface area contributed by atoms with Gasteiger partial charge < -0.3 is 4.79 Å². The first kappa shape index (κ1) is 8.56. The summed E-state index contributed by atoms with van der Waals surface area (Å²) in [7, 11) is 0. The number of alkyl halides is 3. The minimum absolute atomic E-state index is 0.00694. The molecule has 0 aromatic carbocycles. The number of hydrogen-bond donors (Lipinski definition) is 0. The van der Waals surface area contributed by atoms with Crippen molar-refractivity contribution in [2.45, 2.75) is 25.4 Å². The Morgan fingerprint density at radius 2 is 1.91 bits per heavy atom. The Morgan fingerprint density at radius 3 is 2.18 bits per heavy atom. The van der Waals surface area contributed by atoms with Gasteiger partial charge >= 0.3 is 6.18 Å². The van der Waals surface area contributed by atoms with Gasteiger partial charge in [-0.15, -0.1) is 0 Å². The predicted molar refractivity (Wildman–Crippen MR) is 32.9 cm³/mol. The lowest BCUT2D eigenvalue weighted by atomic mass is 10.1. The number of carbonyl (C=O) groups excluding carboxylic acids is 1. The van der Waals surface area contributed by atoms with Gasteiger partial charge in [0.25, 0.3) is 0 Å². The van der Waals surface area contributed by atoms with Crippen molar-refractivity contribution in [3.8, 4) is 0 Å². The van der Waals surface area contributed by atoms with Gasteiger partial charge in [-0.1, -0.05) is 0 Å². The van der Waals surface area contributed by atoms with Gasteiger partial charge in [-0.05, 0) is 19.3 Å². The minimum atomic E-state index is -4.10. The molecule has 2 atom stereocenters. The largest absolute Gasteiger partial charge is 0.391 e. The highest BCUT2D eigenvalue weighted by Crippen LogP contribution is 2.40. The van der Waals surface area contributed by atoms with Crippen LogP contribution in [0.15, 0.2) is 0 Å². The second kappa shape index (κ2) is 2.83. The summed E-state index contributed by atoms with van der Waals surface area (Å²) in [4.78, 5) is 10.1. The zero-order valence-corrected chi connectivity index (χ0v) is 5.90. The molecule has 0 N–H and O–H groups in total. The molecule has 0 radical (unpaired) electrons. The maximum atomic E-state index is 12.0. The summed E-state index contributed by atoms with van der Waals surface area (Å²) < 4.78 is 35.9. The average molecular weight is 166 g/mol. The van der Waals surface area contributed by atoms with Crippen LogP contribution in [-0.2, 0) is 4.79 Å². The summed E-state index contributed by atoms with van der Waals surface area (Å²) in [5, 5.41) is 0. The third-order valence-corrected chi connectivity index (χ3v) is 2.13. The summed E-state index contributed by atoms with van der Waals surface area (Å²) in [6, 6.07) is 0. The fraction of sp³-hybridized carbons (Fsp3) is 0.857. The van der Waals surface area contributed by atoms with Crippen LogP contribution in [0.5, 0.6) is 0 Å². The first-order valence-electron chi connectivity index (χ1n) is 3.56. The lowest BCUT2D eigenvalue weighted by molar-refractivity contribution is -0.173. The molecular weight excluding hydrogens is 157 g/mol. The molecule has 1 saturated carbocycles. The summed E-state index contributed by atoms with van der Waals surface area (Å²) in [5.41, 5.74) is 0. The first-order chi connectivity index (χ1) is 5.04. The summed E-state index contributed by atoms with van der Waals surface area (Å²) in [5.74, 6) is -1.60. The number of carbonyl (C=O) groups is 1. The zero-order chi connectivity index (χ0) is 8.48. The van der Waals surface area contributed by atoms with E-state index in [0.717, 1.165) is 0 Å². The topological polar surface area (TPSA) is 17.1 Å². The number of hydrogen-bond acceptors (Lipinski definition) is 1. The lowest BCUT2D eigenvalue weighted by Gasteiger charge is -2.12. The predicted octanol–water partition coefficient (Wildman–Crippen LogP) is 2.16. The van der Waals surface area contributed by atoms with Crippen molar-refractivity contribution in [1.82, 2.24) is 0 Å². The Balaban J connectivity index is 2.48. The van der Waals surface area contributed by atoms with E-state index in [1.807, 2.05) is 0 Å². The van der Waals surface area contributed by atoms with Crippen LogP contribution in [0, 0.1) is 11.8 Å². The van der Waals surface area contributed by atoms with Crippen LogP contribution in [0.1, 0.15) is 19.3 Å². The van der Waals surface area contributed by atoms with Gasteiger partial charge in [0.15, 0.2) is 0 Å². The van der Waals surface area contributed by atoms with E-state index >= 15 is 0 Å². The second-order valence-corrected chi connectivity index (χ2v) is 2.95. The highest BCUT2D eigenvalue weighted by Gasteiger charge is 2.43. The fourth-order valence-corrected chi connectivity index (χ4v) is 1.44. The van der Waals surface area contributed by atoms with Gasteiger partial charge in [-0.25, -0.2) is 0 Å². The highest BCUT2D eigenvalue weighted by molar-refractivity contribution is 5.53. The van der Waals surface area contributed by atoms with Crippen molar-refractivity contribution in [2.75, 3.05) is 0 Å². The van der Waals surface area contributed by atoms with E-state index in [1.54, 1.807) is 0 Å². The molecule has 4 heteroatoms. The van der Waals surface area contributed by atoms with Crippen molar-refractivity contribution in [3.05, 3.63) is 0 Å². The Bertz CT molecular complexity index is 152. The van der Waals surface area contributed by atoms with Gasteiger partial charge in [-0.3, -0.25) is 0 Å². The minimum Gasteiger partial charge on any atom is -0.303 e. The van der Waals surface area contributed by atoms with Crippen molar-refractivity contribution < 1.29 is 18.0 Å². The van der Waals surface area contributed by atoms with Crippen LogP contribution in [-0.4, -0.2) is 12.5 Å². The standard InChI is InChI=1S/C7H9F3O/c8-7(9,10)6-2-1-5(3-6)4-11/h4-6H,1-3H2. The molecule has 1 nitrogen and oxygen atoms in total. The second-order valence-electron chi connectivity index (χ2n) is 2.95. The molecule has 0 heterocycles. The van der Waals surface area contributed by atoms with Gasteiger partial charge in [0.2, 0.25) is 0 Å². The zero-order valence-electron chi connectivity index (χ0n) is 5.90. The van der Waals surface area contributed by atoms with E-state index in [-0.39, 0.29) is 18.8 Å². The maximum Gasteiger partial charge on any atom is 0.391 e. The number of halogens is 3. The van der Waals surface area contributed by atoms with Crippen molar-refractivity contribution in [3.63, 3.8) is 0 Å². The van der Waals surface area contributed by atoms with E-state index in [0.29, 0.717) is 12.7 Å². The van der Waals surface area contributed by atoms with Crippen molar-refractivity contribution >= 4 is 6.29 Å². The normalized spacial score (nSPS) is 32.3. The van der Waals surface area contributed by atoms with Crippen LogP contribution >= 0.6 is 0 Å². The van der Waals surface area contributed by atoms with Gasteiger partial charge in [0.1, 0.15) is 6.29 Å². The molecule has 0 aromatic rings. The van der Waals surface area contributed by atoms with E-state index < -0.39 is 12.1 Å². The van der Waals surface area contributed by atoms with E-state index in [1.165, 1.54) is 0 Å². The van der Waals surface area contributed by atoms with E-state index in [9.17, 15) is 18.0 Å². The third kappa shape index (κ3) is 1.94.